The van der Waals surface area contributed by atoms with Crippen LogP contribution in [0.5, 0.6) is 0 Å². The number of nitrogens with zero attached hydrogens (tertiary/aromatic N) is 2. The van der Waals surface area contributed by atoms with E-state index in [2.05, 4.69) is 10.2 Å². The second kappa shape index (κ2) is 8.41. The molecule has 1 saturated heterocycles. The summed E-state index contributed by atoms with van der Waals surface area (Å²) in [7, 11) is 0. The Morgan fingerprint density at radius 3 is 2.47 bits per heavy atom. The topological polar surface area (TPSA) is 81.8 Å². The maximum atomic E-state index is 10.7. The minimum Gasteiger partial charge on any atom is -0.480 e. The van der Waals surface area contributed by atoms with Crippen LogP contribution in [0.25, 0.3) is 0 Å². The molecule has 0 aromatic carbocycles. The molecule has 0 radical (unpaired) electrons. The SMILES string of the molecule is NCCCN1CCNCCN(CC(=O)O)CC1. The van der Waals surface area contributed by atoms with E-state index in [1.54, 1.807) is 0 Å². The van der Waals surface area contributed by atoms with Crippen LogP contribution in [0.1, 0.15) is 6.42 Å². The number of aliphatic carboxylic acids is 1. The molecular weight excluding hydrogens is 220 g/mol. The first kappa shape index (κ1) is 14.4. The molecule has 0 bridgehead atoms. The smallest absolute Gasteiger partial charge is 0.317 e. The zero-order valence-corrected chi connectivity index (χ0v) is 10.4. The Labute approximate surface area is 103 Å². The minimum atomic E-state index is -0.752. The second-order valence-electron chi connectivity index (χ2n) is 4.40. The first-order chi connectivity index (χ1) is 8.22. The summed E-state index contributed by atoms with van der Waals surface area (Å²) in [4.78, 5) is 15.0. The molecule has 0 unspecified atom stereocenters. The zero-order valence-electron chi connectivity index (χ0n) is 10.4. The number of hydrogen-bond donors (Lipinski definition) is 3. The maximum absolute atomic E-state index is 10.7. The average molecular weight is 244 g/mol. The van der Waals surface area contributed by atoms with E-state index in [0.29, 0.717) is 6.54 Å². The van der Waals surface area contributed by atoms with Crippen molar-refractivity contribution in [1.29, 1.82) is 0 Å². The monoisotopic (exact) mass is 244 g/mol. The van der Waals surface area contributed by atoms with E-state index >= 15 is 0 Å². The molecular formula is C11H24N4O2. The molecule has 0 amide bonds. The van der Waals surface area contributed by atoms with Gasteiger partial charge >= 0.3 is 5.97 Å². The maximum Gasteiger partial charge on any atom is 0.317 e. The molecule has 6 nitrogen and oxygen atoms in total. The molecule has 1 aliphatic rings. The lowest BCUT2D eigenvalue weighted by atomic mass is 10.3. The number of carbonyl (C=O) groups is 1. The summed E-state index contributed by atoms with van der Waals surface area (Å²) in [6.07, 6.45) is 0.999. The van der Waals surface area contributed by atoms with Crippen LogP contribution in [-0.4, -0.2) is 79.8 Å². The van der Waals surface area contributed by atoms with Gasteiger partial charge in [0.25, 0.3) is 0 Å². The summed E-state index contributed by atoms with van der Waals surface area (Å²) in [6, 6.07) is 0. The average Bonchev–Trinajstić information content (AvgIpc) is 2.39. The summed E-state index contributed by atoms with van der Waals surface area (Å²) in [5.41, 5.74) is 5.51. The fourth-order valence-corrected chi connectivity index (χ4v) is 1.99. The number of nitrogens with one attached hydrogen (secondary N) is 1. The van der Waals surface area contributed by atoms with Crippen molar-refractivity contribution < 1.29 is 9.90 Å². The van der Waals surface area contributed by atoms with Crippen molar-refractivity contribution in [3.05, 3.63) is 0 Å². The van der Waals surface area contributed by atoms with Gasteiger partial charge < -0.3 is 21.1 Å². The van der Waals surface area contributed by atoms with E-state index in [9.17, 15) is 4.79 Å². The number of carboxylic acid groups (broad SMARTS) is 1. The Morgan fingerprint density at radius 2 is 1.82 bits per heavy atom. The number of carboxylic acids is 1. The lowest BCUT2D eigenvalue weighted by Crippen LogP contribution is -2.39. The van der Waals surface area contributed by atoms with E-state index in [1.165, 1.54) is 0 Å². The fraction of sp³-hybridized carbons (Fsp3) is 0.909. The molecule has 0 aliphatic carbocycles. The minimum absolute atomic E-state index is 0.131. The third-order valence-electron chi connectivity index (χ3n) is 2.98. The standard InChI is InChI=1S/C11H24N4O2/c12-2-1-5-14-6-3-13-4-7-15(9-8-14)10-11(16)17/h13H,1-10,12H2,(H,16,17). The predicted molar refractivity (Wildman–Crippen MR) is 67.1 cm³/mol. The van der Waals surface area contributed by atoms with Gasteiger partial charge in [-0.1, -0.05) is 0 Å². The summed E-state index contributed by atoms with van der Waals surface area (Å²) < 4.78 is 0. The summed E-state index contributed by atoms with van der Waals surface area (Å²) in [6.45, 7) is 7.23. The van der Waals surface area contributed by atoms with Gasteiger partial charge in [-0.3, -0.25) is 9.69 Å². The van der Waals surface area contributed by atoms with Crippen LogP contribution in [0.2, 0.25) is 0 Å². The van der Waals surface area contributed by atoms with Gasteiger partial charge in [-0.25, -0.2) is 0 Å². The first-order valence-corrected chi connectivity index (χ1v) is 6.29. The third-order valence-corrected chi connectivity index (χ3v) is 2.98. The van der Waals surface area contributed by atoms with Gasteiger partial charge in [-0.05, 0) is 19.5 Å². The van der Waals surface area contributed by atoms with Gasteiger partial charge in [0.1, 0.15) is 0 Å². The Morgan fingerprint density at radius 1 is 1.18 bits per heavy atom. The van der Waals surface area contributed by atoms with Crippen LogP contribution >= 0.6 is 0 Å². The Kier molecular flexibility index (Phi) is 7.11. The largest absolute Gasteiger partial charge is 0.480 e. The molecule has 1 aliphatic heterocycles. The predicted octanol–water partition coefficient (Wildman–Crippen LogP) is -1.37. The highest BCUT2D eigenvalue weighted by Gasteiger charge is 2.13. The molecule has 4 N–H and O–H groups in total. The van der Waals surface area contributed by atoms with Gasteiger partial charge in [0.15, 0.2) is 0 Å². The lowest BCUT2D eigenvalue weighted by Gasteiger charge is -2.24. The van der Waals surface area contributed by atoms with Crippen molar-refractivity contribution >= 4 is 5.97 Å². The van der Waals surface area contributed by atoms with Gasteiger partial charge in [-0.15, -0.1) is 0 Å². The van der Waals surface area contributed by atoms with E-state index in [1.807, 2.05) is 4.90 Å². The zero-order chi connectivity index (χ0) is 12.5. The fourth-order valence-electron chi connectivity index (χ4n) is 1.99. The molecule has 0 spiro atoms. The van der Waals surface area contributed by atoms with E-state index in [4.69, 9.17) is 10.8 Å². The van der Waals surface area contributed by atoms with Crippen molar-refractivity contribution in [2.75, 3.05) is 58.9 Å². The first-order valence-electron chi connectivity index (χ1n) is 6.29. The quantitative estimate of drug-likeness (QED) is 0.553. The van der Waals surface area contributed by atoms with Crippen LogP contribution in [0, 0.1) is 0 Å². The highest BCUT2D eigenvalue weighted by Crippen LogP contribution is 1.96. The van der Waals surface area contributed by atoms with Crippen molar-refractivity contribution in [1.82, 2.24) is 15.1 Å². The van der Waals surface area contributed by atoms with Crippen LogP contribution in [0.3, 0.4) is 0 Å². The molecule has 17 heavy (non-hydrogen) atoms. The Bertz CT molecular complexity index is 226. The normalized spacial score (nSPS) is 20.5. The number of rotatable bonds is 5. The van der Waals surface area contributed by atoms with Crippen LogP contribution in [0.15, 0.2) is 0 Å². The van der Waals surface area contributed by atoms with Crippen molar-refractivity contribution in [2.24, 2.45) is 5.73 Å². The van der Waals surface area contributed by atoms with E-state index in [0.717, 1.165) is 52.2 Å². The molecule has 1 heterocycles. The number of nitrogens with two attached hydrogens (primary N) is 1. The molecule has 0 saturated carbocycles. The molecule has 6 heteroatoms. The summed E-state index contributed by atoms with van der Waals surface area (Å²) >= 11 is 0. The Hall–Kier alpha value is -0.690. The second-order valence-corrected chi connectivity index (χ2v) is 4.40. The molecule has 0 aromatic rings. The highest BCUT2D eigenvalue weighted by atomic mass is 16.4. The number of hydrogen-bond acceptors (Lipinski definition) is 5. The van der Waals surface area contributed by atoms with Gasteiger partial charge in [-0.2, -0.15) is 0 Å². The van der Waals surface area contributed by atoms with Crippen LogP contribution in [-0.2, 0) is 4.79 Å². The molecule has 100 valence electrons. The molecule has 0 atom stereocenters. The van der Waals surface area contributed by atoms with Crippen LogP contribution in [0.4, 0.5) is 0 Å². The lowest BCUT2D eigenvalue weighted by molar-refractivity contribution is -0.138. The summed E-state index contributed by atoms with van der Waals surface area (Å²) in [5, 5.41) is 12.1. The third kappa shape index (κ3) is 6.58. The van der Waals surface area contributed by atoms with Crippen molar-refractivity contribution in [3.63, 3.8) is 0 Å². The molecule has 1 rings (SSSR count). The van der Waals surface area contributed by atoms with E-state index < -0.39 is 5.97 Å². The van der Waals surface area contributed by atoms with Gasteiger partial charge in [0.2, 0.25) is 0 Å². The van der Waals surface area contributed by atoms with Gasteiger partial charge in [0.05, 0.1) is 6.54 Å². The van der Waals surface area contributed by atoms with Gasteiger partial charge in [0, 0.05) is 39.3 Å². The van der Waals surface area contributed by atoms with E-state index in [-0.39, 0.29) is 6.54 Å². The highest BCUT2D eigenvalue weighted by molar-refractivity contribution is 5.69. The molecule has 0 aromatic heterocycles. The van der Waals surface area contributed by atoms with Crippen LogP contribution < -0.4 is 11.1 Å². The molecule has 1 fully saturated rings. The van der Waals surface area contributed by atoms with Crippen molar-refractivity contribution in [2.45, 2.75) is 6.42 Å². The van der Waals surface area contributed by atoms with Crippen molar-refractivity contribution in [3.8, 4) is 0 Å². The summed E-state index contributed by atoms with van der Waals surface area (Å²) in [5.74, 6) is -0.752. The Balaban J connectivity index is 2.37.